The van der Waals surface area contributed by atoms with Gasteiger partial charge in [0.2, 0.25) is 5.75 Å². The maximum Gasteiger partial charge on any atom is 0.257 e. The lowest BCUT2D eigenvalue weighted by Gasteiger charge is -2.20. The zero-order valence-electron chi connectivity index (χ0n) is 13.1. The number of ether oxygens (including phenoxy) is 3. The maximum atomic E-state index is 12.7. The second-order valence-corrected chi connectivity index (χ2v) is 5.02. The molecule has 1 amide bonds. The number of amides is 1. The highest BCUT2D eigenvalue weighted by molar-refractivity contribution is 5.98. The van der Waals surface area contributed by atoms with Crippen molar-refractivity contribution in [3.8, 4) is 17.2 Å². The van der Waals surface area contributed by atoms with Crippen molar-refractivity contribution in [1.82, 2.24) is 4.90 Å². The van der Waals surface area contributed by atoms with Crippen molar-refractivity contribution < 1.29 is 19.0 Å². The molecule has 0 saturated carbocycles. The highest BCUT2D eigenvalue weighted by atomic mass is 35.5. The van der Waals surface area contributed by atoms with Crippen LogP contribution in [-0.4, -0.2) is 51.8 Å². The van der Waals surface area contributed by atoms with Gasteiger partial charge in [0.1, 0.15) is 0 Å². The van der Waals surface area contributed by atoms with E-state index in [0.29, 0.717) is 41.8 Å². The third-order valence-electron chi connectivity index (χ3n) is 3.84. The molecule has 1 aliphatic heterocycles. The van der Waals surface area contributed by atoms with Crippen molar-refractivity contribution in [2.24, 2.45) is 11.7 Å². The van der Waals surface area contributed by atoms with E-state index >= 15 is 0 Å². The van der Waals surface area contributed by atoms with E-state index in [2.05, 4.69) is 0 Å². The molecule has 2 N–H and O–H groups in total. The van der Waals surface area contributed by atoms with Crippen molar-refractivity contribution >= 4 is 18.3 Å². The number of rotatable bonds is 5. The number of hydrogen-bond donors (Lipinski definition) is 1. The number of hydrogen-bond acceptors (Lipinski definition) is 5. The number of halogens is 1. The quantitative estimate of drug-likeness (QED) is 0.886. The first-order valence-electron chi connectivity index (χ1n) is 6.94. The summed E-state index contributed by atoms with van der Waals surface area (Å²) in [6.07, 6.45) is 0.942. The average molecular weight is 331 g/mol. The molecule has 1 unspecified atom stereocenters. The van der Waals surface area contributed by atoms with E-state index in [1.807, 2.05) is 0 Å². The Morgan fingerprint density at radius 2 is 1.91 bits per heavy atom. The van der Waals surface area contributed by atoms with Gasteiger partial charge in [-0.15, -0.1) is 12.4 Å². The number of methoxy groups -OCH3 is 3. The Labute approximate surface area is 136 Å². The molecule has 124 valence electrons. The molecule has 2 rings (SSSR count). The van der Waals surface area contributed by atoms with Crippen molar-refractivity contribution in [3.63, 3.8) is 0 Å². The minimum Gasteiger partial charge on any atom is -0.493 e. The van der Waals surface area contributed by atoms with Crippen LogP contribution in [0.25, 0.3) is 0 Å². The van der Waals surface area contributed by atoms with Crippen molar-refractivity contribution in [1.29, 1.82) is 0 Å². The van der Waals surface area contributed by atoms with Gasteiger partial charge >= 0.3 is 0 Å². The molecule has 1 fully saturated rings. The fourth-order valence-electron chi connectivity index (χ4n) is 2.65. The number of carbonyl (C=O) groups excluding carboxylic acids is 1. The number of nitrogens with two attached hydrogens (primary N) is 1. The summed E-state index contributed by atoms with van der Waals surface area (Å²) in [5, 5.41) is 0. The van der Waals surface area contributed by atoms with Crippen LogP contribution in [0.1, 0.15) is 16.8 Å². The highest BCUT2D eigenvalue weighted by Crippen LogP contribution is 2.40. The van der Waals surface area contributed by atoms with E-state index in [-0.39, 0.29) is 18.3 Å². The van der Waals surface area contributed by atoms with Gasteiger partial charge < -0.3 is 24.8 Å². The minimum absolute atomic E-state index is 0. The fourth-order valence-corrected chi connectivity index (χ4v) is 2.65. The molecule has 0 spiro atoms. The monoisotopic (exact) mass is 330 g/mol. The molecule has 0 radical (unpaired) electrons. The highest BCUT2D eigenvalue weighted by Gasteiger charge is 2.29. The number of likely N-dealkylation sites (tertiary alicyclic amines) is 1. The summed E-state index contributed by atoms with van der Waals surface area (Å²) in [5.41, 5.74) is 6.15. The summed E-state index contributed by atoms with van der Waals surface area (Å²) in [5.74, 6) is 1.68. The van der Waals surface area contributed by atoms with Crippen LogP contribution in [0.2, 0.25) is 0 Å². The summed E-state index contributed by atoms with van der Waals surface area (Å²) in [6, 6.07) is 3.42. The van der Waals surface area contributed by atoms with E-state index in [1.54, 1.807) is 24.1 Å². The van der Waals surface area contributed by atoms with Crippen LogP contribution in [0.4, 0.5) is 0 Å². The van der Waals surface area contributed by atoms with Crippen LogP contribution in [0.5, 0.6) is 17.2 Å². The molecule has 0 bridgehead atoms. The van der Waals surface area contributed by atoms with Gasteiger partial charge in [-0.25, -0.2) is 0 Å². The van der Waals surface area contributed by atoms with Gasteiger partial charge in [0, 0.05) is 13.1 Å². The lowest BCUT2D eigenvalue weighted by molar-refractivity contribution is 0.0783. The predicted molar refractivity (Wildman–Crippen MR) is 86.4 cm³/mol. The first-order valence-corrected chi connectivity index (χ1v) is 6.94. The van der Waals surface area contributed by atoms with Crippen LogP contribution in [0.3, 0.4) is 0 Å². The molecule has 1 heterocycles. The van der Waals surface area contributed by atoms with E-state index < -0.39 is 0 Å². The van der Waals surface area contributed by atoms with Gasteiger partial charge in [-0.3, -0.25) is 4.79 Å². The third-order valence-corrected chi connectivity index (χ3v) is 3.84. The Kier molecular flexibility index (Phi) is 6.77. The van der Waals surface area contributed by atoms with Crippen LogP contribution in [0.15, 0.2) is 12.1 Å². The summed E-state index contributed by atoms with van der Waals surface area (Å²) in [7, 11) is 4.58. The van der Waals surface area contributed by atoms with Crippen molar-refractivity contribution in [2.45, 2.75) is 6.42 Å². The Hall–Kier alpha value is -1.66. The molecular formula is C15H23ClN2O4. The third kappa shape index (κ3) is 3.39. The lowest BCUT2D eigenvalue weighted by atomic mass is 10.1. The molecule has 1 aliphatic rings. The molecule has 7 heteroatoms. The summed E-state index contributed by atoms with van der Waals surface area (Å²) in [4.78, 5) is 14.5. The molecule has 1 saturated heterocycles. The fraction of sp³-hybridized carbons (Fsp3) is 0.533. The summed E-state index contributed by atoms with van der Waals surface area (Å²) in [6.45, 7) is 2.01. The number of carbonyl (C=O) groups is 1. The minimum atomic E-state index is -0.0660. The Balaban J connectivity index is 0.00000242. The summed E-state index contributed by atoms with van der Waals surface area (Å²) < 4.78 is 15.9. The molecule has 0 aliphatic carbocycles. The SMILES string of the molecule is COc1ccc(C(=O)N2CCC(CN)C2)c(OC)c1OC.Cl. The largest absolute Gasteiger partial charge is 0.493 e. The topological polar surface area (TPSA) is 74.0 Å². The van der Waals surface area contributed by atoms with Crippen molar-refractivity contribution in [3.05, 3.63) is 17.7 Å². The molecular weight excluding hydrogens is 308 g/mol. The smallest absolute Gasteiger partial charge is 0.257 e. The first kappa shape index (κ1) is 18.4. The van der Waals surface area contributed by atoms with Crippen molar-refractivity contribution in [2.75, 3.05) is 41.0 Å². The Morgan fingerprint density at radius 3 is 2.41 bits per heavy atom. The van der Waals surface area contributed by atoms with Crippen LogP contribution in [-0.2, 0) is 0 Å². The number of nitrogens with zero attached hydrogens (tertiary/aromatic N) is 1. The van der Waals surface area contributed by atoms with E-state index in [0.717, 1.165) is 13.0 Å². The predicted octanol–water partition coefficient (Wildman–Crippen LogP) is 1.55. The molecule has 6 nitrogen and oxygen atoms in total. The molecule has 0 aromatic heterocycles. The molecule has 1 aromatic rings. The Morgan fingerprint density at radius 1 is 1.23 bits per heavy atom. The van der Waals surface area contributed by atoms with Gasteiger partial charge in [0.25, 0.3) is 5.91 Å². The zero-order valence-corrected chi connectivity index (χ0v) is 13.9. The summed E-state index contributed by atoms with van der Waals surface area (Å²) >= 11 is 0. The first-order chi connectivity index (χ1) is 10.2. The second-order valence-electron chi connectivity index (χ2n) is 5.02. The zero-order chi connectivity index (χ0) is 15.4. The van der Waals surface area contributed by atoms with Gasteiger partial charge in [0.15, 0.2) is 11.5 Å². The van der Waals surface area contributed by atoms with Gasteiger partial charge in [0.05, 0.1) is 26.9 Å². The maximum absolute atomic E-state index is 12.7. The van der Waals surface area contributed by atoms with Gasteiger partial charge in [-0.1, -0.05) is 0 Å². The average Bonchev–Trinajstić information content (AvgIpc) is 3.01. The molecule has 22 heavy (non-hydrogen) atoms. The van der Waals surface area contributed by atoms with Gasteiger partial charge in [-0.05, 0) is 31.0 Å². The standard InChI is InChI=1S/C15H22N2O4.ClH/c1-19-12-5-4-11(13(20-2)14(12)21-3)15(18)17-7-6-10(8-16)9-17;/h4-5,10H,6-9,16H2,1-3H3;1H. The number of benzene rings is 1. The van der Waals surface area contributed by atoms with E-state index in [4.69, 9.17) is 19.9 Å². The second kappa shape index (κ2) is 8.10. The Bertz CT molecular complexity index is 525. The van der Waals surface area contributed by atoms with Crippen LogP contribution < -0.4 is 19.9 Å². The normalized spacial score (nSPS) is 16.9. The lowest BCUT2D eigenvalue weighted by Crippen LogP contribution is -2.30. The van der Waals surface area contributed by atoms with Gasteiger partial charge in [-0.2, -0.15) is 0 Å². The van der Waals surface area contributed by atoms with E-state index in [9.17, 15) is 4.79 Å². The molecule has 1 atom stereocenters. The molecule has 1 aromatic carbocycles. The van der Waals surface area contributed by atoms with Crippen LogP contribution in [0, 0.1) is 5.92 Å². The van der Waals surface area contributed by atoms with E-state index in [1.165, 1.54) is 14.2 Å². The van der Waals surface area contributed by atoms with Crippen LogP contribution >= 0.6 is 12.4 Å².